The van der Waals surface area contributed by atoms with Crippen molar-refractivity contribution in [2.45, 2.75) is 11.1 Å². The maximum Gasteiger partial charge on any atom is 0.257 e. The molecule has 1 amide bonds. The van der Waals surface area contributed by atoms with Crippen LogP contribution >= 0.6 is 15.9 Å². The summed E-state index contributed by atoms with van der Waals surface area (Å²) >= 11 is 3.67. The van der Waals surface area contributed by atoms with Crippen LogP contribution in [-0.2, 0) is 15.9 Å². The smallest absolute Gasteiger partial charge is 0.257 e. The third-order valence-corrected chi connectivity index (χ3v) is 8.11. The lowest BCUT2D eigenvalue weighted by Crippen LogP contribution is -2.56. The first-order valence-corrected chi connectivity index (χ1v) is 13.5. The van der Waals surface area contributed by atoms with Gasteiger partial charge in [-0.3, -0.25) is 9.69 Å². The molecule has 1 aliphatic heterocycles. The van der Waals surface area contributed by atoms with Gasteiger partial charge < -0.3 is 10.5 Å². The molecule has 0 fully saturated rings. The van der Waals surface area contributed by atoms with Crippen LogP contribution in [0.1, 0.15) is 27.8 Å². The Labute approximate surface area is 236 Å². The van der Waals surface area contributed by atoms with Gasteiger partial charge in [-0.05, 0) is 46.5 Å². The third kappa shape index (κ3) is 3.81. The van der Waals surface area contributed by atoms with Gasteiger partial charge in [0.1, 0.15) is 16.8 Å². The molecule has 0 saturated carbocycles. The molecule has 1 atom stereocenters. The maximum absolute atomic E-state index is 15.1. The molecule has 0 radical (unpaired) electrons. The van der Waals surface area contributed by atoms with Crippen LogP contribution in [0.4, 0.5) is 5.69 Å². The quantitative estimate of drug-likeness (QED) is 0.222. The largest absolute Gasteiger partial charge is 0.497 e. The van der Waals surface area contributed by atoms with Crippen LogP contribution in [-0.4, -0.2) is 13.0 Å². The number of carbonyl (C=O) groups is 1. The van der Waals surface area contributed by atoms with Crippen LogP contribution in [0.25, 0.3) is 0 Å². The molecule has 0 saturated heterocycles. The Balaban J connectivity index is 1.72. The van der Waals surface area contributed by atoms with Gasteiger partial charge >= 0.3 is 0 Å². The number of carbonyl (C=O) groups excluding carboxylic acids is 1. The first-order valence-electron chi connectivity index (χ1n) is 12.8. The van der Waals surface area contributed by atoms with E-state index >= 15 is 4.79 Å². The number of nitrogens with two attached hydrogens (primary N) is 1. The molecule has 0 bridgehead atoms. The van der Waals surface area contributed by atoms with E-state index in [1.807, 2.05) is 102 Å². The van der Waals surface area contributed by atoms with E-state index in [2.05, 4.69) is 52.3 Å². The van der Waals surface area contributed by atoms with Crippen LogP contribution in [0.5, 0.6) is 5.75 Å². The van der Waals surface area contributed by atoms with Gasteiger partial charge in [0.15, 0.2) is 0 Å². The molecule has 0 aliphatic carbocycles. The highest BCUT2D eigenvalue weighted by Gasteiger charge is 2.57. The van der Waals surface area contributed by atoms with E-state index in [9.17, 15) is 0 Å². The van der Waals surface area contributed by atoms with E-state index in [1.165, 1.54) is 0 Å². The van der Waals surface area contributed by atoms with Crippen LogP contribution in [0, 0.1) is 0 Å². The number of halogens is 1. The van der Waals surface area contributed by atoms with Crippen molar-refractivity contribution in [1.82, 2.24) is 0 Å². The topological polar surface area (TPSA) is 55.6 Å². The van der Waals surface area contributed by atoms with Crippen molar-refractivity contribution in [1.29, 1.82) is 0 Å². The van der Waals surface area contributed by atoms with Crippen LogP contribution in [0.3, 0.4) is 0 Å². The first-order chi connectivity index (χ1) is 19.0. The van der Waals surface area contributed by atoms with Crippen molar-refractivity contribution in [3.8, 4) is 5.75 Å². The average molecular weight is 576 g/mol. The summed E-state index contributed by atoms with van der Waals surface area (Å²) in [5.41, 5.74) is 9.92. The number of fused-ring (bicyclic) bond motifs is 1. The molecular weight excluding hydrogens is 548 g/mol. The van der Waals surface area contributed by atoms with Gasteiger partial charge in [-0.25, -0.2) is 0 Å². The molecule has 39 heavy (non-hydrogen) atoms. The predicted molar refractivity (Wildman–Crippen MR) is 159 cm³/mol. The number of hydrogen-bond donors (Lipinski definition) is 1. The number of hydrogen-bond acceptors (Lipinski definition) is 3. The summed E-state index contributed by atoms with van der Waals surface area (Å²) < 4.78 is 6.25. The Hall–Kier alpha value is -4.19. The van der Waals surface area contributed by atoms with Crippen molar-refractivity contribution in [3.63, 3.8) is 0 Å². The molecule has 2 N–H and O–H groups in total. The minimum Gasteiger partial charge on any atom is -0.497 e. The Kier molecular flexibility index (Phi) is 6.34. The molecule has 5 heteroatoms. The van der Waals surface area contributed by atoms with Crippen molar-refractivity contribution in [2.75, 3.05) is 12.0 Å². The molecule has 192 valence electrons. The fourth-order valence-corrected chi connectivity index (χ4v) is 6.16. The van der Waals surface area contributed by atoms with Gasteiger partial charge in [0.25, 0.3) is 5.91 Å². The molecule has 1 aliphatic rings. The summed E-state index contributed by atoms with van der Waals surface area (Å²) in [6, 6.07) is 43.8. The summed E-state index contributed by atoms with van der Waals surface area (Å²) in [6.07, 6.45) is 0. The number of benzene rings is 5. The number of nitrogens with zero attached hydrogens (tertiary/aromatic N) is 1. The standard InChI is InChI=1S/C34H27BrN2O2/c1-39-29-20-17-24(18-21-29)33(36)30-22-19-28(35)23-31(30)37(32(33)38)34(25-11-5-2-6-12-25,26-13-7-3-8-14-26)27-15-9-4-10-16-27/h2-23H,36H2,1H3/t33-/m1/s1. The SMILES string of the molecule is COc1ccc([C@]2(N)C(=O)N(C(c3ccccc3)(c3ccccc3)c3ccccc3)c3cc(Br)ccc32)cc1. The van der Waals surface area contributed by atoms with E-state index < -0.39 is 11.1 Å². The van der Waals surface area contributed by atoms with Gasteiger partial charge in [0.2, 0.25) is 0 Å². The highest BCUT2D eigenvalue weighted by Crippen LogP contribution is 2.53. The minimum atomic E-state index is -1.41. The van der Waals surface area contributed by atoms with Gasteiger partial charge in [-0.1, -0.05) is 125 Å². The number of ether oxygens (including phenoxy) is 1. The Morgan fingerprint density at radius 1 is 0.718 bits per heavy atom. The Morgan fingerprint density at radius 2 is 1.21 bits per heavy atom. The zero-order chi connectivity index (χ0) is 27.0. The molecule has 0 spiro atoms. The third-order valence-electron chi connectivity index (χ3n) is 7.62. The second-order valence-corrected chi connectivity index (χ2v) is 10.6. The van der Waals surface area contributed by atoms with Crippen molar-refractivity contribution < 1.29 is 9.53 Å². The molecule has 0 aromatic heterocycles. The van der Waals surface area contributed by atoms with Crippen LogP contribution in [0.15, 0.2) is 138 Å². The molecular formula is C34H27BrN2O2. The molecule has 0 unspecified atom stereocenters. The van der Waals surface area contributed by atoms with E-state index in [4.69, 9.17) is 10.5 Å². The predicted octanol–water partition coefficient (Wildman–Crippen LogP) is 7.00. The molecule has 1 heterocycles. The number of anilines is 1. The van der Waals surface area contributed by atoms with Gasteiger partial charge in [0, 0.05) is 10.0 Å². The molecule has 6 rings (SSSR count). The van der Waals surface area contributed by atoms with Crippen LogP contribution in [0.2, 0.25) is 0 Å². The minimum absolute atomic E-state index is 0.211. The summed E-state index contributed by atoms with van der Waals surface area (Å²) in [4.78, 5) is 17.0. The molecule has 4 nitrogen and oxygen atoms in total. The monoisotopic (exact) mass is 574 g/mol. The summed E-state index contributed by atoms with van der Waals surface area (Å²) in [7, 11) is 1.62. The Bertz CT molecular complexity index is 1530. The van der Waals surface area contributed by atoms with E-state index in [0.717, 1.165) is 32.4 Å². The summed E-state index contributed by atoms with van der Waals surface area (Å²) in [5, 5.41) is 0. The van der Waals surface area contributed by atoms with E-state index in [0.29, 0.717) is 11.3 Å². The van der Waals surface area contributed by atoms with Crippen LogP contribution < -0.4 is 15.4 Å². The number of amides is 1. The molecule has 5 aromatic carbocycles. The maximum atomic E-state index is 15.1. The lowest BCUT2D eigenvalue weighted by molar-refractivity contribution is -0.122. The zero-order valence-corrected chi connectivity index (χ0v) is 23.0. The van der Waals surface area contributed by atoms with Gasteiger partial charge in [0.05, 0.1) is 12.8 Å². The normalized spacial score (nSPS) is 16.7. The second kappa shape index (κ2) is 9.84. The fourth-order valence-electron chi connectivity index (χ4n) is 5.82. The number of rotatable bonds is 6. The highest BCUT2D eigenvalue weighted by molar-refractivity contribution is 9.10. The van der Waals surface area contributed by atoms with E-state index in [-0.39, 0.29) is 5.91 Å². The van der Waals surface area contributed by atoms with Gasteiger partial charge in [-0.2, -0.15) is 0 Å². The average Bonchev–Trinajstić information content (AvgIpc) is 3.22. The zero-order valence-electron chi connectivity index (χ0n) is 21.4. The molecule has 5 aromatic rings. The van der Waals surface area contributed by atoms with E-state index in [1.54, 1.807) is 7.11 Å². The highest BCUT2D eigenvalue weighted by atomic mass is 79.9. The number of methoxy groups -OCH3 is 1. The summed E-state index contributed by atoms with van der Waals surface area (Å²) in [6.45, 7) is 0. The van der Waals surface area contributed by atoms with Crippen molar-refractivity contribution in [3.05, 3.63) is 166 Å². The fraction of sp³-hybridized carbons (Fsp3) is 0.0882. The second-order valence-electron chi connectivity index (χ2n) is 9.65. The van der Waals surface area contributed by atoms with Crippen molar-refractivity contribution >= 4 is 27.5 Å². The first kappa shape index (κ1) is 25.1. The Morgan fingerprint density at radius 3 is 1.67 bits per heavy atom. The lowest BCUT2D eigenvalue weighted by atomic mass is 9.75. The van der Waals surface area contributed by atoms with Crippen molar-refractivity contribution in [2.24, 2.45) is 5.73 Å². The lowest BCUT2D eigenvalue weighted by Gasteiger charge is -2.44. The van der Waals surface area contributed by atoms with Gasteiger partial charge in [-0.15, -0.1) is 0 Å². The summed E-state index contributed by atoms with van der Waals surface area (Å²) in [5.74, 6) is 0.491.